The zero-order valence-electron chi connectivity index (χ0n) is 12.2. The van der Waals surface area contributed by atoms with Crippen LogP contribution in [-0.2, 0) is 11.3 Å². The number of hydrogen-bond donors (Lipinski definition) is 1. The van der Waals surface area contributed by atoms with E-state index in [1.54, 1.807) is 11.0 Å². The minimum Gasteiger partial charge on any atom is -0.382 e. The Hall–Kier alpha value is -2.21. The summed E-state index contributed by atoms with van der Waals surface area (Å²) in [4.78, 5) is 15.8. The molecule has 1 aromatic carbocycles. The largest absolute Gasteiger partial charge is 0.382 e. The lowest BCUT2D eigenvalue weighted by Gasteiger charge is -2.06. The Morgan fingerprint density at radius 2 is 2.14 bits per heavy atom. The zero-order valence-corrected chi connectivity index (χ0v) is 12.2. The van der Waals surface area contributed by atoms with E-state index < -0.39 is 0 Å². The molecule has 6 heteroatoms. The molecule has 0 aliphatic carbocycles. The summed E-state index contributed by atoms with van der Waals surface area (Å²) in [7, 11) is 0. The molecule has 1 N–H and O–H groups in total. The number of rotatable bonds is 8. The summed E-state index contributed by atoms with van der Waals surface area (Å²) in [6.07, 6.45) is 3.99. The topological polar surface area (TPSA) is 69.0 Å². The average molecular weight is 288 g/mol. The second-order valence-corrected chi connectivity index (χ2v) is 4.60. The summed E-state index contributed by atoms with van der Waals surface area (Å²) < 4.78 is 6.96. The van der Waals surface area contributed by atoms with Crippen molar-refractivity contribution in [2.24, 2.45) is 0 Å². The van der Waals surface area contributed by atoms with Crippen molar-refractivity contribution in [3.63, 3.8) is 0 Å². The van der Waals surface area contributed by atoms with E-state index in [2.05, 4.69) is 15.4 Å². The van der Waals surface area contributed by atoms with Crippen LogP contribution in [0.4, 0.5) is 0 Å². The van der Waals surface area contributed by atoms with Crippen molar-refractivity contribution in [2.75, 3.05) is 19.8 Å². The molecule has 112 valence electrons. The smallest absolute Gasteiger partial charge is 0.251 e. The van der Waals surface area contributed by atoms with Crippen molar-refractivity contribution < 1.29 is 9.53 Å². The summed E-state index contributed by atoms with van der Waals surface area (Å²) in [6.45, 7) is 4.62. The molecule has 6 nitrogen and oxygen atoms in total. The molecule has 0 aliphatic heterocycles. The lowest BCUT2D eigenvalue weighted by molar-refractivity contribution is 0.0944. The van der Waals surface area contributed by atoms with E-state index in [1.165, 1.54) is 6.33 Å². The van der Waals surface area contributed by atoms with Gasteiger partial charge >= 0.3 is 0 Å². The molecule has 0 atom stereocenters. The van der Waals surface area contributed by atoms with Gasteiger partial charge in [-0.05, 0) is 31.0 Å². The quantitative estimate of drug-likeness (QED) is 0.747. The lowest BCUT2D eigenvalue weighted by Crippen LogP contribution is -2.25. The van der Waals surface area contributed by atoms with Crippen molar-refractivity contribution in [2.45, 2.75) is 19.9 Å². The summed E-state index contributed by atoms with van der Waals surface area (Å²) in [5, 5.41) is 6.92. The number of amides is 1. The molecule has 0 unspecified atom stereocenters. The zero-order chi connectivity index (χ0) is 14.9. The molecule has 0 saturated heterocycles. The normalized spacial score (nSPS) is 10.5. The van der Waals surface area contributed by atoms with Gasteiger partial charge in [0.25, 0.3) is 5.91 Å². The highest BCUT2D eigenvalue weighted by Crippen LogP contribution is 2.06. The average Bonchev–Trinajstić information content (AvgIpc) is 3.00. The Kier molecular flexibility index (Phi) is 5.90. The van der Waals surface area contributed by atoms with Gasteiger partial charge in [0, 0.05) is 25.3 Å². The Balaban J connectivity index is 1.79. The maximum atomic E-state index is 11.9. The van der Waals surface area contributed by atoms with Gasteiger partial charge in [0.05, 0.1) is 6.54 Å². The van der Waals surface area contributed by atoms with Crippen LogP contribution in [0.15, 0.2) is 36.9 Å². The van der Waals surface area contributed by atoms with Crippen molar-refractivity contribution in [1.29, 1.82) is 0 Å². The number of aromatic nitrogens is 3. The molecule has 1 heterocycles. The van der Waals surface area contributed by atoms with Gasteiger partial charge in [-0.25, -0.2) is 9.67 Å². The van der Waals surface area contributed by atoms with Gasteiger partial charge < -0.3 is 10.1 Å². The molecule has 0 radical (unpaired) electrons. The lowest BCUT2D eigenvalue weighted by atomic mass is 10.1. The molecule has 1 aromatic heterocycles. The summed E-state index contributed by atoms with van der Waals surface area (Å²) in [6, 6.07) is 7.50. The number of nitrogens with one attached hydrogen (secondary N) is 1. The highest BCUT2D eigenvalue weighted by molar-refractivity contribution is 5.94. The van der Waals surface area contributed by atoms with Crippen LogP contribution in [0.3, 0.4) is 0 Å². The molecule has 2 rings (SSSR count). The van der Waals surface area contributed by atoms with Gasteiger partial charge in [-0.1, -0.05) is 12.1 Å². The molecule has 0 spiro atoms. The predicted octanol–water partition coefficient (Wildman–Crippen LogP) is 1.48. The van der Waals surface area contributed by atoms with E-state index >= 15 is 0 Å². The van der Waals surface area contributed by atoms with E-state index in [-0.39, 0.29) is 5.91 Å². The minimum absolute atomic E-state index is 0.0567. The van der Waals surface area contributed by atoms with Crippen LogP contribution in [-0.4, -0.2) is 40.4 Å². The van der Waals surface area contributed by atoms with Gasteiger partial charge in [-0.3, -0.25) is 4.79 Å². The molecule has 2 aromatic rings. The summed E-state index contributed by atoms with van der Waals surface area (Å²) >= 11 is 0. The standard InChI is InChI=1S/C15H20N4O2/c1-2-21-9-3-8-17-15(20)14-6-4-13(5-7-14)10-19-12-16-11-18-19/h4-7,11-12H,2-3,8-10H2,1H3,(H,17,20). The van der Waals surface area contributed by atoms with Crippen LogP contribution in [0.2, 0.25) is 0 Å². The highest BCUT2D eigenvalue weighted by atomic mass is 16.5. The molecule has 1 amide bonds. The van der Waals surface area contributed by atoms with E-state index in [0.29, 0.717) is 31.9 Å². The fraction of sp³-hybridized carbons (Fsp3) is 0.400. The molecule has 0 bridgehead atoms. The number of hydrogen-bond acceptors (Lipinski definition) is 4. The Labute approximate surface area is 124 Å². The maximum absolute atomic E-state index is 11.9. The van der Waals surface area contributed by atoms with Gasteiger partial charge in [-0.15, -0.1) is 0 Å². The van der Waals surface area contributed by atoms with Crippen LogP contribution in [0.25, 0.3) is 0 Å². The first-order valence-electron chi connectivity index (χ1n) is 7.07. The molecular weight excluding hydrogens is 268 g/mol. The summed E-state index contributed by atoms with van der Waals surface area (Å²) in [5.74, 6) is -0.0567. The van der Waals surface area contributed by atoms with E-state index in [1.807, 2.05) is 31.2 Å². The molecule has 0 aliphatic rings. The van der Waals surface area contributed by atoms with E-state index in [9.17, 15) is 4.79 Å². The maximum Gasteiger partial charge on any atom is 0.251 e. The molecule has 0 saturated carbocycles. The van der Waals surface area contributed by atoms with Crippen LogP contribution in [0.5, 0.6) is 0 Å². The van der Waals surface area contributed by atoms with Crippen LogP contribution < -0.4 is 5.32 Å². The van der Waals surface area contributed by atoms with Crippen LogP contribution in [0, 0.1) is 0 Å². The predicted molar refractivity (Wildman–Crippen MR) is 79.0 cm³/mol. The van der Waals surface area contributed by atoms with Crippen LogP contribution in [0.1, 0.15) is 29.3 Å². The van der Waals surface area contributed by atoms with E-state index in [4.69, 9.17) is 4.74 Å². The number of nitrogens with zero attached hydrogens (tertiary/aromatic N) is 3. The monoisotopic (exact) mass is 288 g/mol. The SMILES string of the molecule is CCOCCCNC(=O)c1ccc(Cn2cncn2)cc1. The third-order valence-electron chi connectivity index (χ3n) is 2.98. The first-order chi connectivity index (χ1) is 10.3. The second kappa shape index (κ2) is 8.16. The van der Waals surface area contributed by atoms with Gasteiger partial charge in [0.1, 0.15) is 12.7 Å². The Morgan fingerprint density at radius 1 is 1.33 bits per heavy atom. The number of carbonyl (C=O) groups is 1. The molecular formula is C15H20N4O2. The fourth-order valence-electron chi connectivity index (χ4n) is 1.89. The van der Waals surface area contributed by atoms with Crippen molar-refractivity contribution >= 4 is 5.91 Å². The first-order valence-corrected chi connectivity index (χ1v) is 7.07. The summed E-state index contributed by atoms with van der Waals surface area (Å²) in [5.41, 5.74) is 1.74. The van der Waals surface area contributed by atoms with Crippen molar-refractivity contribution in [3.05, 3.63) is 48.0 Å². The highest BCUT2D eigenvalue weighted by Gasteiger charge is 2.04. The fourth-order valence-corrected chi connectivity index (χ4v) is 1.89. The molecule has 0 fully saturated rings. The van der Waals surface area contributed by atoms with E-state index in [0.717, 1.165) is 12.0 Å². The third-order valence-corrected chi connectivity index (χ3v) is 2.98. The van der Waals surface area contributed by atoms with Crippen LogP contribution >= 0.6 is 0 Å². The third kappa shape index (κ3) is 5.00. The molecule has 21 heavy (non-hydrogen) atoms. The minimum atomic E-state index is -0.0567. The van der Waals surface area contributed by atoms with Crippen molar-refractivity contribution in [3.8, 4) is 0 Å². The number of ether oxygens (including phenoxy) is 1. The van der Waals surface area contributed by atoms with Gasteiger partial charge in [-0.2, -0.15) is 5.10 Å². The van der Waals surface area contributed by atoms with Crippen molar-refractivity contribution in [1.82, 2.24) is 20.1 Å². The van der Waals surface area contributed by atoms with Gasteiger partial charge in [0.15, 0.2) is 0 Å². The second-order valence-electron chi connectivity index (χ2n) is 4.60. The number of benzene rings is 1. The first kappa shape index (κ1) is 15.2. The Bertz CT molecular complexity index is 537. The number of carbonyl (C=O) groups excluding carboxylic acids is 1. The van der Waals surface area contributed by atoms with Gasteiger partial charge in [0.2, 0.25) is 0 Å². The Morgan fingerprint density at radius 3 is 2.81 bits per heavy atom.